The number of furan rings is 1. The zero-order chi connectivity index (χ0) is 24.4. The second-order valence-electron chi connectivity index (χ2n) is 7.58. The van der Waals surface area contributed by atoms with Gasteiger partial charge in [0.25, 0.3) is 0 Å². The smallest absolute Gasteiger partial charge is 0.343 e. The Bertz CT molecular complexity index is 1320. The summed E-state index contributed by atoms with van der Waals surface area (Å²) in [4.78, 5) is 12.8. The van der Waals surface area contributed by atoms with E-state index in [1.807, 2.05) is 13.8 Å². The van der Waals surface area contributed by atoms with Gasteiger partial charge in [-0.15, -0.1) is 0 Å². The van der Waals surface area contributed by atoms with Crippen LogP contribution in [0.4, 0.5) is 0 Å². The molecule has 0 bridgehead atoms. The molecule has 1 aromatic heterocycles. The van der Waals surface area contributed by atoms with Crippen LogP contribution in [-0.2, 0) is 0 Å². The lowest BCUT2D eigenvalue weighted by atomic mass is 9.87. The van der Waals surface area contributed by atoms with Crippen molar-refractivity contribution in [3.05, 3.63) is 86.6 Å². The number of esters is 1. The highest BCUT2D eigenvalue weighted by Crippen LogP contribution is 2.44. The number of nitrogens with two attached hydrogens (primary N) is 1. The highest BCUT2D eigenvalue weighted by Gasteiger charge is 2.33. The molecule has 0 fully saturated rings. The van der Waals surface area contributed by atoms with Gasteiger partial charge in [0, 0.05) is 11.6 Å². The van der Waals surface area contributed by atoms with Crippen molar-refractivity contribution >= 4 is 29.2 Å². The Balaban J connectivity index is 1.61. The van der Waals surface area contributed by atoms with Crippen LogP contribution in [0.15, 0.2) is 58.3 Å². The summed E-state index contributed by atoms with van der Waals surface area (Å²) in [6, 6.07) is 13.4. The van der Waals surface area contributed by atoms with Gasteiger partial charge in [-0.1, -0.05) is 36.2 Å². The van der Waals surface area contributed by atoms with Gasteiger partial charge < -0.3 is 24.4 Å². The van der Waals surface area contributed by atoms with Crippen LogP contribution in [0.3, 0.4) is 0 Å². The van der Waals surface area contributed by atoms with Crippen LogP contribution in [0.1, 0.15) is 46.7 Å². The van der Waals surface area contributed by atoms with Crippen LogP contribution in [-0.4, -0.2) is 12.6 Å². The zero-order valence-corrected chi connectivity index (χ0v) is 19.9. The number of halogens is 2. The first-order valence-electron chi connectivity index (χ1n) is 10.4. The molecular formula is C25H20Cl2N2O5. The fraction of sp³-hybridized carbons (Fsp3) is 0.200. The van der Waals surface area contributed by atoms with Crippen molar-refractivity contribution in [1.82, 2.24) is 0 Å². The van der Waals surface area contributed by atoms with E-state index >= 15 is 0 Å². The average Bonchev–Trinajstić information content (AvgIpc) is 3.23. The van der Waals surface area contributed by atoms with Gasteiger partial charge in [0.2, 0.25) is 5.88 Å². The summed E-state index contributed by atoms with van der Waals surface area (Å²) < 4.78 is 22.4. The first-order chi connectivity index (χ1) is 16.3. The largest absolute Gasteiger partial charge is 0.490 e. The fourth-order valence-corrected chi connectivity index (χ4v) is 4.18. The van der Waals surface area contributed by atoms with Gasteiger partial charge in [0.1, 0.15) is 34.7 Å². The van der Waals surface area contributed by atoms with Crippen LogP contribution >= 0.6 is 23.2 Å². The Hall–Kier alpha value is -3.60. The molecule has 2 heterocycles. The maximum absolute atomic E-state index is 12.8. The third-order valence-corrected chi connectivity index (χ3v) is 5.69. The monoisotopic (exact) mass is 498 g/mol. The van der Waals surface area contributed by atoms with Crippen molar-refractivity contribution in [1.29, 1.82) is 5.26 Å². The number of nitrogens with zero attached hydrogens (tertiary/aromatic N) is 1. The molecule has 34 heavy (non-hydrogen) atoms. The Morgan fingerprint density at radius 2 is 1.91 bits per heavy atom. The summed E-state index contributed by atoms with van der Waals surface area (Å²) in [5.41, 5.74) is 7.06. The number of rotatable bonds is 6. The fourth-order valence-electron chi connectivity index (χ4n) is 3.59. The van der Waals surface area contributed by atoms with E-state index in [-0.39, 0.29) is 32.8 Å². The lowest BCUT2D eigenvalue weighted by molar-refractivity contribution is 0.0734. The van der Waals surface area contributed by atoms with Crippen molar-refractivity contribution in [2.24, 2.45) is 5.73 Å². The topological polar surface area (TPSA) is 108 Å². The van der Waals surface area contributed by atoms with E-state index in [4.69, 9.17) is 47.6 Å². The molecule has 0 spiro atoms. The van der Waals surface area contributed by atoms with Gasteiger partial charge >= 0.3 is 5.97 Å². The maximum atomic E-state index is 12.8. The zero-order valence-electron chi connectivity index (χ0n) is 18.4. The van der Waals surface area contributed by atoms with E-state index < -0.39 is 11.9 Å². The Labute approximate surface area is 206 Å². The Morgan fingerprint density at radius 3 is 2.53 bits per heavy atom. The minimum Gasteiger partial charge on any atom is -0.490 e. The van der Waals surface area contributed by atoms with Crippen LogP contribution in [0.5, 0.6) is 17.2 Å². The van der Waals surface area contributed by atoms with Crippen LogP contribution in [0.25, 0.3) is 0 Å². The van der Waals surface area contributed by atoms with Crippen molar-refractivity contribution in [3.63, 3.8) is 0 Å². The molecule has 7 nitrogen and oxygen atoms in total. The molecule has 4 rings (SSSR count). The van der Waals surface area contributed by atoms with Gasteiger partial charge in [-0.25, -0.2) is 4.79 Å². The van der Waals surface area contributed by atoms with Crippen LogP contribution < -0.4 is 19.9 Å². The molecule has 1 atom stereocenters. The number of fused-ring (bicyclic) bond motifs is 1. The summed E-state index contributed by atoms with van der Waals surface area (Å²) in [5.74, 6) is 0.887. The summed E-state index contributed by atoms with van der Waals surface area (Å²) in [6.07, 6.45) is 0.785. The highest BCUT2D eigenvalue weighted by atomic mass is 35.5. The molecule has 1 aliphatic heterocycles. The minimum absolute atomic E-state index is 0.0428. The number of carbonyl (C=O) groups excluding carboxylic acids is 1. The maximum Gasteiger partial charge on any atom is 0.343 e. The molecule has 174 valence electrons. The van der Waals surface area contributed by atoms with E-state index in [9.17, 15) is 10.1 Å². The predicted molar refractivity (Wildman–Crippen MR) is 126 cm³/mol. The van der Waals surface area contributed by atoms with E-state index in [1.165, 1.54) is 18.2 Å². The molecule has 0 saturated carbocycles. The van der Waals surface area contributed by atoms with Crippen molar-refractivity contribution in [2.75, 3.05) is 6.61 Å². The SMILES string of the molecule is CCCOc1c(Cl)cc(C(=O)Oc2ccc3c(c2)OC(N)=C(C#N)C3c2ccc(C)o2)cc1Cl. The number of aryl methyl sites for hydroxylation is 1. The molecule has 0 aliphatic carbocycles. The second kappa shape index (κ2) is 9.72. The predicted octanol–water partition coefficient (Wildman–Crippen LogP) is 6.12. The average molecular weight is 499 g/mol. The Kier molecular flexibility index (Phi) is 6.73. The Morgan fingerprint density at radius 1 is 1.18 bits per heavy atom. The molecule has 9 heteroatoms. The number of hydrogen-bond acceptors (Lipinski definition) is 7. The van der Waals surface area contributed by atoms with E-state index in [0.717, 1.165) is 6.42 Å². The van der Waals surface area contributed by atoms with E-state index in [0.29, 0.717) is 35.2 Å². The third-order valence-electron chi connectivity index (χ3n) is 5.13. The summed E-state index contributed by atoms with van der Waals surface area (Å²) in [7, 11) is 0. The lowest BCUT2D eigenvalue weighted by Gasteiger charge is -2.25. The molecule has 0 saturated heterocycles. The van der Waals surface area contributed by atoms with Gasteiger partial charge in [-0.3, -0.25) is 0 Å². The number of carbonyl (C=O) groups is 1. The van der Waals surface area contributed by atoms with Gasteiger partial charge in [-0.05, 0) is 43.7 Å². The summed E-state index contributed by atoms with van der Waals surface area (Å²) >= 11 is 12.5. The van der Waals surface area contributed by atoms with Crippen LogP contribution in [0, 0.1) is 18.3 Å². The summed E-state index contributed by atoms with van der Waals surface area (Å²) in [5, 5.41) is 10.0. The molecular weight excluding hydrogens is 479 g/mol. The third kappa shape index (κ3) is 4.56. The molecule has 2 aromatic carbocycles. The van der Waals surface area contributed by atoms with Crippen molar-refractivity contribution in [2.45, 2.75) is 26.2 Å². The highest BCUT2D eigenvalue weighted by molar-refractivity contribution is 6.37. The summed E-state index contributed by atoms with van der Waals surface area (Å²) in [6.45, 7) is 4.21. The number of nitriles is 1. The number of hydrogen-bond donors (Lipinski definition) is 1. The van der Waals surface area contributed by atoms with Gasteiger partial charge in [0.15, 0.2) is 5.75 Å². The first kappa shape index (κ1) is 23.6. The number of allylic oxidation sites excluding steroid dienone is 1. The number of ether oxygens (including phenoxy) is 3. The van der Waals surface area contributed by atoms with Gasteiger partial charge in [0.05, 0.1) is 28.1 Å². The minimum atomic E-state index is -0.666. The van der Waals surface area contributed by atoms with Crippen LogP contribution in [0.2, 0.25) is 10.0 Å². The normalized spacial score (nSPS) is 14.7. The molecule has 3 aromatic rings. The quantitative estimate of drug-likeness (QED) is 0.322. The second-order valence-corrected chi connectivity index (χ2v) is 8.39. The van der Waals surface area contributed by atoms with Gasteiger partial charge in [-0.2, -0.15) is 5.26 Å². The molecule has 0 radical (unpaired) electrons. The molecule has 1 unspecified atom stereocenters. The molecule has 2 N–H and O–H groups in total. The van der Waals surface area contributed by atoms with Crippen molar-refractivity contribution < 1.29 is 23.4 Å². The lowest BCUT2D eigenvalue weighted by Crippen LogP contribution is -2.21. The number of benzene rings is 2. The molecule has 1 aliphatic rings. The standard InChI is InChI=1S/C25H20Cl2N2O5/c1-3-8-31-23-18(26)9-14(10-19(23)27)25(30)33-15-5-6-16-21(11-15)34-24(29)17(12-28)22(16)20-7-4-13(2)32-20/h4-7,9-11,22H,3,8,29H2,1-2H3. The van der Waals surface area contributed by atoms with Crippen molar-refractivity contribution in [3.8, 4) is 23.3 Å². The molecule has 0 amide bonds. The van der Waals surface area contributed by atoms with E-state index in [2.05, 4.69) is 6.07 Å². The first-order valence-corrected chi connectivity index (χ1v) is 11.2. The van der Waals surface area contributed by atoms with E-state index in [1.54, 1.807) is 24.3 Å².